The summed E-state index contributed by atoms with van der Waals surface area (Å²) in [5, 5.41) is 0. The van der Waals surface area contributed by atoms with Crippen molar-refractivity contribution >= 4 is 29.0 Å². The summed E-state index contributed by atoms with van der Waals surface area (Å²) >= 11 is 5.27. The number of hydrogen-bond donors (Lipinski definition) is 1. The molecule has 1 aromatic carbocycles. The second-order valence-electron chi connectivity index (χ2n) is 5.80. The van der Waals surface area contributed by atoms with Crippen LogP contribution in [0.1, 0.15) is 59.2 Å². The molecular weight excluding hydrogens is 284 g/mol. The minimum Gasteiger partial charge on any atom is -0.391 e. The van der Waals surface area contributed by atoms with E-state index >= 15 is 0 Å². The van der Waals surface area contributed by atoms with Crippen LogP contribution in [0.3, 0.4) is 0 Å². The first-order chi connectivity index (χ1) is 10.1. The second kappa shape index (κ2) is 5.22. The van der Waals surface area contributed by atoms with Gasteiger partial charge in [-0.15, -0.1) is 0 Å². The molecule has 3 rings (SSSR count). The average Bonchev–Trinajstić information content (AvgIpc) is 2.67. The summed E-state index contributed by atoms with van der Waals surface area (Å²) in [6, 6.07) is 6.93. The number of fused-ring (bicyclic) bond motifs is 1. The lowest BCUT2D eigenvalue weighted by Crippen LogP contribution is -2.58. The number of carbonyl (C=O) groups excluding carboxylic acids is 2. The molecule has 0 saturated heterocycles. The summed E-state index contributed by atoms with van der Waals surface area (Å²) in [5.41, 5.74) is 6.12. The van der Waals surface area contributed by atoms with Crippen LogP contribution in [0.15, 0.2) is 24.3 Å². The SMILES string of the molecule is NC(=S)C1(N2C(=O)c3ccccc3C2=O)CCCCCC1. The molecule has 110 valence electrons. The van der Waals surface area contributed by atoms with Crippen LogP contribution < -0.4 is 5.73 Å². The van der Waals surface area contributed by atoms with E-state index in [9.17, 15) is 9.59 Å². The van der Waals surface area contributed by atoms with Gasteiger partial charge >= 0.3 is 0 Å². The number of hydrogen-bond acceptors (Lipinski definition) is 3. The zero-order valence-corrected chi connectivity index (χ0v) is 12.6. The molecule has 1 aliphatic carbocycles. The lowest BCUT2D eigenvalue weighted by molar-refractivity contribution is 0.0503. The van der Waals surface area contributed by atoms with E-state index in [1.165, 1.54) is 4.90 Å². The molecule has 1 saturated carbocycles. The van der Waals surface area contributed by atoms with Crippen molar-refractivity contribution in [3.8, 4) is 0 Å². The minimum absolute atomic E-state index is 0.259. The number of nitrogens with two attached hydrogens (primary N) is 1. The fourth-order valence-electron chi connectivity index (χ4n) is 3.47. The smallest absolute Gasteiger partial charge is 0.262 e. The van der Waals surface area contributed by atoms with E-state index in [1.807, 2.05) is 0 Å². The Morgan fingerprint density at radius 1 is 1.00 bits per heavy atom. The Morgan fingerprint density at radius 2 is 1.48 bits per heavy atom. The van der Waals surface area contributed by atoms with E-state index in [0.717, 1.165) is 25.7 Å². The highest BCUT2D eigenvalue weighted by Crippen LogP contribution is 2.38. The third-order valence-electron chi connectivity index (χ3n) is 4.61. The first-order valence-corrected chi connectivity index (χ1v) is 7.76. The Kier molecular flexibility index (Phi) is 3.53. The molecular formula is C16H18N2O2S. The fraction of sp³-hybridized carbons (Fsp3) is 0.438. The van der Waals surface area contributed by atoms with Crippen LogP contribution >= 0.6 is 12.2 Å². The van der Waals surface area contributed by atoms with Crippen molar-refractivity contribution < 1.29 is 9.59 Å². The summed E-state index contributed by atoms with van der Waals surface area (Å²) in [6.45, 7) is 0. The van der Waals surface area contributed by atoms with Gasteiger partial charge in [-0.25, -0.2) is 0 Å². The number of carbonyl (C=O) groups is 2. The van der Waals surface area contributed by atoms with Gasteiger partial charge < -0.3 is 5.73 Å². The summed E-state index contributed by atoms with van der Waals surface area (Å²) < 4.78 is 0. The Bertz CT molecular complexity index is 583. The number of benzene rings is 1. The van der Waals surface area contributed by atoms with Crippen molar-refractivity contribution in [3.63, 3.8) is 0 Å². The Morgan fingerprint density at radius 3 is 1.90 bits per heavy atom. The van der Waals surface area contributed by atoms with Crippen LogP contribution in [0.2, 0.25) is 0 Å². The number of rotatable bonds is 2. The lowest BCUT2D eigenvalue weighted by Gasteiger charge is -2.39. The van der Waals surface area contributed by atoms with Crippen molar-refractivity contribution in [3.05, 3.63) is 35.4 Å². The van der Waals surface area contributed by atoms with E-state index in [-0.39, 0.29) is 16.8 Å². The Balaban J connectivity index is 2.08. The van der Waals surface area contributed by atoms with E-state index in [4.69, 9.17) is 18.0 Å². The number of nitrogens with zero attached hydrogens (tertiary/aromatic N) is 1. The van der Waals surface area contributed by atoms with Crippen LogP contribution in [0.5, 0.6) is 0 Å². The Labute approximate surface area is 129 Å². The summed E-state index contributed by atoms with van der Waals surface area (Å²) in [6.07, 6.45) is 5.40. The zero-order valence-electron chi connectivity index (χ0n) is 11.8. The molecule has 1 aliphatic heterocycles. The van der Waals surface area contributed by atoms with Gasteiger partial charge in [0.25, 0.3) is 11.8 Å². The molecule has 0 spiro atoms. The van der Waals surface area contributed by atoms with Crippen LogP contribution in [-0.2, 0) is 0 Å². The number of amides is 2. The second-order valence-corrected chi connectivity index (χ2v) is 6.24. The van der Waals surface area contributed by atoms with Crippen molar-refractivity contribution in [2.24, 2.45) is 5.73 Å². The first kappa shape index (κ1) is 14.2. The van der Waals surface area contributed by atoms with Gasteiger partial charge in [-0.2, -0.15) is 0 Å². The molecule has 0 bridgehead atoms. The highest BCUT2D eigenvalue weighted by Gasteiger charge is 2.50. The summed E-state index contributed by atoms with van der Waals surface area (Å²) in [5.74, 6) is -0.518. The molecule has 0 atom stereocenters. The Hall–Kier alpha value is -1.75. The highest BCUT2D eigenvalue weighted by molar-refractivity contribution is 7.80. The van der Waals surface area contributed by atoms with E-state index in [1.54, 1.807) is 24.3 Å². The van der Waals surface area contributed by atoms with Crippen molar-refractivity contribution in [1.82, 2.24) is 4.90 Å². The first-order valence-electron chi connectivity index (χ1n) is 7.36. The topological polar surface area (TPSA) is 63.4 Å². The molecule has 4 nitrogen and oxygen atoms in total. The van der Waals surface area contributed by atoms with Gasteiger partial charge in [0.1, 0.15) is 5.54 Å². The maximum atomic E-state index is 12.7. The molecule has 1 fully saturated rings. The van der Waals surface area contributed by atoms with Crippen molar-refractivity contribution in [1.29, 1.82) is 0 Å². The minimum atomic E-state index is -0.793. The largest absolute Gasteiger partial charge is 0.391 e. The van der Waals surface area contributed by atoms with Crippen LogP contribution in [-0.4, -0.2) is 27.2 Å². The van der Waals surface area contributed by atoms with Gasteiger partial charge in [-0.05, 0) is 25.0 Å². The van der Waals surface area contributed by atoms with Crippen LogP contribution in [0.4, 0.5) is 0 Å². The third-order valence-corrected chi connectivity index (χ3v) is 4.99. The van der Waals surface area contributed by atoms with Crippen molar-refractivity contribution in [2.45, 2.75) is 44.1 Å². The maximum Gasteiger partial charge on any atom is 0.262 e. The standard InChI is InChI=1S/C16H18N2O2S/c17-15(21)16(9-5-1-2-6-10-16)18-13(19)11-7-3-4-8-12(11)14(18)20/h3-4,7-8H,1-2,5-6,9-10H2,(H2,17,21). The van der Waals surface area contributed by atoms with Crippen LogP contribution in [0.25, 0.3) is 0 Å². The van der Waals surface area contributed by atoms with Gasteiger partial charge in [-0.3, -0.25) is 14.5 Å². The van der Waals surface area contributed by atoms with Gasteiger partial charge in [0.15, 0.2) is 0 Å². The molecule has 21 heavy (non-hydrogen) atoms. The monoisotopic (exact) mass is 302 g/mol. The number of imide groups is 1. The van der Waals surface area contributed by atoms with E-state index in [0.29, 0.717) is 24.0 Å². The molecule has 2 aliphatic rings. The van der Waals surface area contributed by atoms with Gasteiger partial charge in [-0.1, -0.05) is 50.0 Å². The maximum absolute atomic E-state index is 12.7. The molecule has 5 heteroatoms. The van der Waals surface area contributed by atoms with Gasteiger partial charge in [0.05, 0.1) is 16.1 Å². The number of thiocarbonyl (C=S) groups is 1. The molecule has 0 aromatic heterocycles. The predicted molar refractivity (Wildman–Crippen MR) is 84.2 cm³/mol. The van der Waals surface area contributed by atoms with E-state index in [2.05, 4.69) is 0 Å². The summed E-state index contributed by atoms with van der Waals surface area (Å²) in [7, 11) is 0. The molecule has 2 amide bonds. The normalized spacial score (nSPS) is 21.0. The molecule has 0 radical (unpaired) electrons. The van der Waals surface area contributed by atoms with Crippen molar-refractivity contribution in [2.75, 3.05) is 0 Å². The van der Waals surface area contributed by atoms with Crippen LogP contribution in [0, 0.1) is 0 Å². The molecule has 1 aromatic rings. The fourth-order valence-corrected chi connectivity index (χ4v) is 3.77. The molecule has 2 N–H and O–H groups in total. The van der Waals surface area contributed by atoms with Gasteiger partial charge in [0, 0.05) is 0 Å². The third kappa shape index (κ3) is 2.07. The van der Waals surface area contributed by atoms with Gasteiger partial charge in [0.2, 0.25) is 0 Å². The zero-order chi connectivity index (χ0) is 15.0. The molecule has 1 heterocycles. The summed E-state index contributed by atoms with van der Waals surface area (Å²) in [4.78, 5) is 27.0. The molecule has 0 unspecified atom stereocenters. The quantitative estimate of drug-likeness (QED) is 0.518. The average molecular weight is 302 g/mol. The van der Waals surface area contributed by atoms with E-state index < -0.39 is 5.54 Å². The highest BCUT2D eigenvalue weighted by atomic mass is 32.1. The lowest BCUT2D eigenvalue weighted by atomic mass is 9.88. The predicted octanol–water partition coefficient (Wildman–Crippen LogP) is 2.66.